The van der Waals surface area contributed by atoms with Crippen LogP contribution in [0.5, 0.6) is 0 Å². The Morgan fingerprint density at radius 1 is 1.35 bits per heavy atom. The van der Waals surface area contributed by atoms with E-state index in [1.807, 2.05) is 0 Å². The highest BCUT2D eigenvalue weighted by molar-refractivity contribution is 5.22. The molecule has 0 fully saturated rings. The lowest BCUT2D eigenvalue weighted by Crippen LogP contribution is -2.38. The first kappa shape index (κ1) is 14.2. The molecule has 0 saturated heterocycles. The molecule has 1 rings (SSSR count). The van der Waals surface area contributed by atoms with Gasteiger partial charge >= 0.3 is 0 Å². The fraction of sp³-hybridized carbons (Fsp3) is 0.600. The Kier molecular flexibility index (Phi) is 6.23. The molecule has 2 heteroatoms. The predicted molar refractivity (Wildman–Crippen MR) is 74.7 cm³/mol. The minimum absolute atomic E-state index is 0.387. The molecule has 2 nitrogen and oxygen atoms in total. The number of nitrogens with one attached hydrogen (secondary N) is 1. The van der Waals surface area contributed by atoms with Gasteiger partial charge in [-0.15, -0.1) is 0 Å². The van der Waals surface area contributed by atoms with E-state index in [9.17, 15) is 0 Å². The molecule has 2 unspecified atom stereocenters. The first-order valence-corrected chi connectivity index (χ1v) is 6.67. The smallest absolute Gasteiger partial charge is 0.0253 e. The van der Waals surface area contributed by atoms with Crippen LogP contribution in [0, 0.1) is 12.8 Å². The summed E-state index contributed by atoms with van der Waals surface area (Å²) in [4.78, 5) is 0. The molecular formula is C15H26N2. The zero-order chi connectivity index (χ0) is 12.7. The topological polar surface area (TPSA) is 38.0 Å². The summed E-state index contributed by atoms with van der Waals surface area (Å²) >= 11 is 0. The number of hydrazine groups is 1. The number of rotatable bonds is 7. The zero-order valence-corrected chi connectivity index (χ0v) is 11.4. The van der Waals surface area contributed by atoms with Crippen LogP contribution in [0.3, 0.4) is 0 Å². The van der Waals surface area contributed by atoms with Gasteiger partial charge in [0.1, 0.15) is 0 Å². The van der Waals surface area contributed by atoms with E-state index in [-0.39, 0.29) is 0 Å². The molecule has 0 radical (unpaired) electrons. The third-order valence-corrected chi connectivity index (χ3v) is 3.27. The van der Waals surface area contributed by atoms with Gasteiger partial charge in [0.25, 0.3) is 0 Å². The van der Waals surface area contributed by atoms with Gasteiger partial charge in [-0.3, -0.25) is 11.3 Å². The van der Waals surface area contributed by atoms with Crippen LogP contribution in [0.1, 0.15) is 44.2 Å². The van der Waals surface area contributed by atoms with Crippen molar-refractivity contribution in [3.8, 4) is 0 Å². The second kappa shape index (κ2) is 7.46. The summed E-state index contributed by atoms with van der Waals surface area (Å²) in [5, 5.41) is 0. The molecule has 17 heavy (non-hydrogen) atoms. The van der Waals surface area contributed by atoms with E-state index in [0.717, 1.165) is 18.8 Å². The third kappa shape index (κ3) is 5.33. The van der Waals surface area contributed by atoms with Crippen molar-refractivity contribution in [3.05, 3.63) is 35.4 Å². The predicted octanol–water partition coefficient (Wildman–Crippen LogP) is 3.20. The lowest BCUT2D eigenvalue weighted by molar-refractivity contribution is 0.385. The normalized spacial score (nSPS) is 14.6. The van der Waals surface area contributed by atoms with E-state index in [1.165, 1.54) is 24.0 Å². The molecule has 0 heterocycles. The quantitative estimate of drug-likeness (QED) is 0.561. The summed E-state index contributed by atoms with van der Waals surface area (Å²) in [6.45, 7) is 6.68. The van der Waals surface area contributed by atoms with Crippen molar-refractivity contribution in [2.75, 3.05) is 0 Å². The first-order chi connectivity index (χ1) is 8.15. The Morgan fingerprint density at radius 2 is 2.12 bits per heavy atom. The van der Waals surface area contributed by atoms with Gasteiger partial charge in [0.15, 0.2) is 0 Å². The Hall–Kier alpha value is -0.860. The average Bonchev–Trinajstić information content (AvgIpc) is 2.28. The number of aryl methyl sites for hydroxylation is 1. The first-order valence-electron chi connectivity index (χ1n) is 6.67. The molecule has 1 aromatic carbocycles. The maximum Gasteiger partial charge on any atom is 0.0253 e. The Bertz CT molecular complexity index is 322. The molecule has 0 saturated carbocycles. The molecule has 0 amide bonds. The van der Waals surface area contributed by atoms with Gasteiger partial charge in [0.2, 0.25) is 0 Å². The molecular weight excluding hydrogens is 208 g/mol. The van der Waals surface area contributed by atoms with Gasteiger partial charge < -0.3 is 0 Å². The monoisotopic (exact) mass is 234 g/mol. The van der Waals surface area contributed by atoms with E-state index in [4.69, 9.17) is 5.84 Å². The van der Waals surface area contributed by atoms with Crippen LogP contribution < -0.4 is 11.3 Å². The second-order valence-corrected chi connectivity index (χ2v) is 5.19. The summed E-state index contributed by atoms with van der Waals surface area (Å²) in [6.07, 6.45) is 4.71. The van der Waals surface area contributed by atoms with Crippen LogP contribution in [-0.2, 0) is 6.42 Å². The minimum atomic E-state index is 0.387. The summed E-state index contributed by atoms with van der Waals surface area (Å²) in [5.74, 6) is 6.39. The highest BCUT2D eigenvalue weighted by Crippen LogP contribution is 2.15. The molecule has 0 bridgehead atoms. The highest BCUT2D eigenvalue weighted by atomic mass is 15.2. The van der Waals surface area contributed by atoms with Crippen molar-refractivity contribution in [2.45, 2.75) is 52.5 Å². The third-order valence-electron chi connectivity index (χ3n) is 3.27. The zero-order valence-electron chi connectivity index (χ0n) is 11.4. The van der Waals surface area contributed by atoms with Crippen molar-refractivity contribution < 1.29 is 0 Å². The Morgan fingerprint density at radius 3 is 2.71 bits per heavy atom. The maximum atomic E-state index is 5.65. The van der Waals surface area contributed by atoms with Crippen molar-refractivity contribution in [1.82, 2.24) is 5.43 Å². The SMILES string of the molecule is CCCC(C)CC(Cc1cccc(C)c1)NN. The van der Waals surface area contributed by atoms with Crippen molar-refractivity contribution in [2.24, 2.45) is 11.8 Å². The molecule has 1 aromatic rings. The van der Waals surface area contributed by atoms with Crippen molar-refractivity contribution >= 4 is 0 Å². The van der Waals surface area contributed by atoms with Gasteiger partial charge in [0.05, 0.1) is 0 Å². The molecule has 96 valence electrons. The minimum Gasteiger partial charge on any atom is -0.271 e. The standard InChI is InChI=1S/C15H26N2/c1-4-6-12(2)10-15(17-16)11-14-8-5-7-13(3)9-14/h5,7-9,12,15,17H,4,6,10-11,16H2,1-3H3. The van der Waals surface area contributed by atoms with E-state index in [0.29, 0.717) is 6.04 Å². The van der Waals surface area contributed by atoms with Crippen LogP contribution in [0.4, 0.5) is 0 Å². The van der Waals surface area contributed by atoms with Gasteiger partial charge in [-0.1, -0.05) is 56.5 Å². The van der Waals surface area contributed by atoms with E-state index in [2.05, 4.69) is 50.5 Å². The molecule has 0 aliphatic carbocycles. The fourth-order valence-corrected chi connectivity index (χ4v) is 2.43. The molecule has 0 aromatic heterocycles. The van der Waals surface area contributed by atoms with Crippen LogP contribution in [0.15, 0.2) is 24.3 Å². The largest absolute Gasteiger partial charge is 0.271 e. The molecule has 0 aliphatic rings. The lowest BCUT2D eigenvalue weighted by Gasteiger charge is -2.20. The average molecular weight is 234 g/mol. The maximum absolute atomic E-state index is 5.65. The van der Waals surface area contributed by atoms with Crippen LogP contribution in [0.2, 0.25) is 0 Å². The van der Waals surface area contributed by atoms with Gasteiger partial charge in [-0.05, 0) is 31.2 Å². The fourth-order valence-electron chi connectivity index (χ4n) is 2.43. The number of hydrogen-bond donors (Lipinski definition) is 2. The van der Waals surface area contributed by atoms with Gasteiger partial charge in [-0.2, -0.15) is 0 Å². The van der Waals surface area contributed by atoms with E-state index >= 15 is 0 Å². The van der Waals surface area contributed by atoms with E-state index < -0.39 is 0 Å². The Balaban J connectivity index is 2.51. The van der Waals surface area contributed by atoms with E-state index in [1.54, 1.807) is 0 Å². The summed E-state index contributed by atoms with van der Waals surface area (Å²) in [7, 11) is 0. The molecule has 2 atom stereocenters. The molecule has 3 N–H and O–H groups in total. The summed E-state index contributed by atoms with van der Waals surface area (Å²) < 4.78 is 0. The molecule has 0 spiro atoms. The number of nitrogens with two attached hydrogens (primary N) is 1. The lowest BCUT2D eigenvalue weighted by atomic mass is 9.93. The highest BCUT2D eigenvalue weighted by Gasteiger charge is 2.12. The second-order valence-electron chi connectivity index (χ2n) is 5.19. The van der Waals surface area contributed by atoms with Gasteiger partial charge in [-0.25, -0.2) is 0 Å². The summed E-state index contributed by atoms with van der Waals surface area (Å²) in [5.41, 5.74) is 5.65. The van der Waals surface area contributed by atoms with Crippen LogP contribution in [-0.4, -0.2) is 6.04 Å². The van der Waals surface area contributed by atoms with Crippen LogP contribution >= 0.6 is 0 Å². The molecule has 0 aliphatic heterocycles. The number of benzene rings is 1. The summed E-state index contributed by atoms with van der Waals surface area (Å²) in [6, 6.07) is 9.07. The number of hydrogen-bond acceptors (Lipinski definition) is 2. The van der Waals surface area contributed by atoms with Gasteiger partial charge in [0, 0.05) is 6.04 Å². The van der Waals surface area contributed by atoms with Crippen LogP contribution in [0.25, 0.3) is 0 Å². The Labute approximate surface area is 106 Å². The van der Waals surface area contributed by atoms with Crippen molar-refractivity contribution in [1.29, 1.82) is 0 Å². The van der Waals surface area contributed by atoms with Crippen molar-refractivity contribution in [3.63, 3.8) is 0 Å².